The molecule has 0 spiro atoms. The number of esters is 1. The maximum atomic E-state index is 13.7. The van der Waals surface area contributed by atoms with Crippen molar-refractivity contribution in [3.8, 4) is 17.0 Å². The first-order chi connectivity index (χ1) is 19.8. The maximum Gasteiger partial charge on any atom is 0.344 e. The molecule has 2 saturated heterocycles. The van der Waals surface area contributed by atoms with Crippen molar-refractivity contribution in [3.63, 3.8) is 0 Å². The van der Waals surface area contributed by atoms with Crippen LogP contribution in [0.4, 0.5) is 5.13 Å². The lowest BCUT2D eigenvalue weighted by Crippen LogP contribution is -2.46. The third-order valence-electron chi connectivity index (χ3n) is 8.18. The number of fused-ring (bicyclic) bond motifs is 3. The first-order valence-electron chi connectivity index (χ1n) is 13.5. The molecule has 3 fully saturated rings. The van der Waals surface area contributed by atoms with E-state index < -0.39 is 11.9 Å². The molecule has 41 heavy (non-hydrogen) atoms. The number of hydrogen-bond acceptors (Lipinski definition) is 9. The molecule has 1 unspecified atom stereocenters. The van der Waals surface area contributed by atoms with Crippen LogP contribution in [-0.2, 0) is 4.74 Å². The molecule has 3 aliphatic rings. The second kappa shape index (κ2) is 10.2. The Morgan fingerprint density at radius 1 is 1.10 bits per heavy atom. The van der Waals surface area contributed by atoms with Gasteiger partial charge in [0, 0.05) is 42.5 Å². The minimum atomic E-state index is -1.04. The van der Waals surface area contributed by atoms with Crippen molar-refractivity contribution in [3.05, 3.63) is 57.3 Å². The zero-order valence-corrected chi connectivity index (χ0v) is 24.3. The van der Waals surface area contributed by atoms with Gasteiger partial charge in [0.2, 0.25) is 0 Å². The van der Waals surface area contributed by atoms with Crippen LogP contribution >= 0.6 is 34.5 Å². The highest BCUT2D eigenvalue weighted by atomic mass is 35.5. The van der Waals surface area contributed by atoms with E-state index in [-0.39, 0.29) is 35.4 Å². The smallest absolute Gasteiger partial charge is 0.344 e. The lowest BCUT2D eigenvalue weighted by molar-refractivity contribution is 0.0202. The number of aromatic nitrogens is 2. The number of anilines is 1. The minimum Gasteiger partial charge on any atom is -0.496 e. The summed E-state index contributed by atoms with van der Waals surface area (Å²) in [6.45, 7) is 0. The monoisotopic (exact) mass is 613 g/mol. The predicted molar refractivity (Wildman–Crippen MR) is 155 cm³/mol. The van der Waals surface area contributed by atoms with Crippen LogP contribution in [-0.4, -0.2) is 52.5 Å². The Morgan fingerprint density at radius 3 is 2.44 bits per heavy atom. The SMILES string of the molecule is COc1cc2nc(N3[C@@H]4CC[C@H]3CC(OC(=O)c3c(-c5c(Cl)cccc5Cl)noc3C3CC3)C4)sc2cc1C(=O)O. The van der Waals surface area contributed by atoms with Crippen LogP contribution in [0, 0.1) is 0 Å². The van der Waals surface area contributed by atoms with Gasteiger partial charge in [-0.15, -0.1) is 0 Å². The van der Waals surface area contributed by atoms with Crippen LogP contribution < -0.4 is 9.64 Å². The topological polar surface area (TPSA) is 115 Å². The summed E-state index contributed by atoms with van der Waals surface area (Å²) in [6, 6.07) is 8.74. The molecule has 1 aliphatic carbocycles. The Kier molecular flexibility index (Phi) is 6.59. The first kappa shape index (κ1) is 26.6. The van der Waals surface area contributed by atoms with E-state index in [9.17, 15) is 14.7 Å². The lowest BCUT2D eigenvalue weighted by Gasteiger charge is -2.38. The lowest BCUT2D eigenvalue weighted by atomic mass is 9.99. The Morgan fingerprint density at radius 2 is 1.80 bits per heavy atom. The highest BCUT2D eigenvalue weighted by molar-refractivity contribution is 7.22. The van der Waals surface area contributed by atoms with E-state index >= 15 is 0 Å². The van der Waals surface area contributed by atoms with Crippen molar-refractivity contribution in [2.75, 3.05) is 12.0 Å². The van der Waals surface area contributed by atoms with Crippen LogP contribution in [0.5, 0.6) is 5.75 Å². The minimum absolute atomic E-state index is 0.112. The molecule has 9 nitrogen and oxygen atoms in total. The molecule has 2 aromatic heterocycles. The van der Waals surface area contributed by atoms with Gasteiger partial charge >= 0.3 is 11.9 Å². The summed E-state index contributed by atoms with van der Waals surface area (Å²) in [4.78, 5) is 32.5. The highest BCUT2D eigenvalue weighted by Crippen LogP contribution is 2.47. The highest BCUT2D eigenvalue weighted by Gasteiger charge is 2.45. The van der Waals surface area contributed by atoms with Gasteiger partial charge in [-0.1, -0.05) is 45.8 Å². The average molecular weight is 615 g/mol. The Labute approximate surface area is 248 Å². The molecule has 1 saturated carbocycles. The molecule has 2 bridgehead atoms. The predicted octanol–water partition coefficient (Wildman–Crippen LogP) is 7.20. The fraction of sp³-hybridized carbons (Fsp3) is 0.379. The summed E-state index contributed by atoms with van der Waals surface area (Å²) in [5.74, 6) is -0.555. The van der Waals surface area contributed by atoms with Crippen molar-refractivity contribution in [2.45, 2.75) is 62.6 Å². The molecule has 0 radical (unpaired) electrons. The van der Waals surface area contributed by atoms with Crippen LogP contribution in [0.2, 0.25) is 10.0 Å². The molecule has 1 N–H and O–H groups in total. The molecule has 7 rings (SSSR count). The number of ether oxygens (including phenoxy) is 2. The van der Waals surface area contributed by atoms with Crippen molar-refractivity contribution >= 4 is 61.8 Å². The molecule has 0 amide bonds. The van der Waals surface area contributed by atoms with Gasteiger partial charge in [0.1, 0.15) is 28.7 Å². The van der Waals surface area contributed by atoms with E-state index in [1.165, 1.54) is 18.4 Å². The molecule has 4 aromatic rings. The van der Waals surface area contributed by atoms with Gasteiger partial charge < -0.3 is 24.0 Å². The van der Waals surface area contributed by atoms with Crippen LogP contribution in [0.15, 0.2) is 34.9 Å². The summed E-state index contributed by atoms with van der Waals surface area (Å²) in [7, 11) is 1.45. The zero-order valence-electron chi connectivity index (χ0n) is 21.9. The van der Waals surface area contributed by atoms with Gasteiger partial charge in [-0.3, -0.25) is 0 Å². The quantitative estimate of drug-likeness (QED) is 0.216. The van der Waals surface area contributed by atoms with Gasteiger partial charge in [0.15, 0.2) is 10.9 Å². The van der Waals surface area contributed by atoms with Gasteiger partial charge in [-0.05, 0) is 43.9 Å². The number of rotatable bonds is 7. The van der Waals surface area contributed by atoms with Crippen molar-refractivity contribution in [2.24, 2.45) is 0 Å². The van der Waals surface area contributed by atoms with E-state index in [4.69, 9.17) is 42.2 Å². The molecular weight excluding hydrogens is 589 g/mol. The second-order valence-corrected chi connectivity index (χ2v) is 12.6. The number of carboxylic acid groups (broad SMARTS) is 1. The van der Waals surface area contributed by atoms with Gasteiger partial charge in [-0.25, -0.2) is 14.6 Å². The number of benzene rings is 2. The molecule has 12 heteroatoms. The maximum absolute atomic E-state index is 13.7. The summed E-state index contributed by atoms with van der Waals surface area (Å²) < 4.78 is 17.9. The molecular formula is C29H25Cl2N3O6S. The molecule has 2 aromatic carbocycles. The summed E-state index contributed by atoms with van der Waals surface area (Å²) >= 11 is 14.4. The number of hydrogen-bond donors (Lipinski definition) is 1. The van der Waals surface area contributed by atoms with Gasteiger partial charge in [0.25, 0.3) is 0 Å². The van der Waals surface area contributed by atoms with E-state index in [0.29, 0.717) is 51.0 Å². The largest absolute Gasteiger partial charge is 0.496 e. The van der Waals surface area contributed by atoms with Crippen molar-refractivity contribution in [1.29, 1.82) is 0 Å². The number of halogens is 2. The number of thiazole rings is 1. The summed E-state index contributed by atoms with van der Waals surface area (Å²) in [5, 5.41) is 15.4. The van der Waals surface area contributed by atoms with Gasteiger partial charge in [0.05, 0.1) is 27.4 Å². The molecule has 4 heterocycles. The first-order valence-corrected chi connectivity index (χ1v) is 15.0. The van der Waals surface area contributed by atoms with Crippen molar-refractivity contribution < 1.29 is 28.7 Å². The molecule has 212 valence electrons. The second-order valence-electron chi connectivity index (χ2n) is 10.8. The third kappa shape index (κ3) is 4.62. The standard InChI is InChI=1S/C29H25Cl2N3O6S/c1-38-21-12-20-22(11-17(21)27(35)36)41-29(32-20)34-14-7-8-15(34)10-16(9-14)39-28(37)24-25(33-40-26(24)13-5-6-13)23-18(30)3-2-4-19(23)31/h2-4,11-16H,5-10H2,1H3,(H,35,36)/t14-,15+,16?. The Hall–Kier alpha value is -3.34. The van der Waals surface area contributed by atoms with E-state index in [0.717, 1.165) is 35.5 Å². The van der Waals surface area contributed by atoms with Crippen LogP contribution in [0.1, 0.15) is 70.9 Å². The molecule has 2 aliphatic heterocycles. The number of carbonyl (C=O) groups excluding carboxylic acids is 1. The number of piperidine rings is 1. The summed E-state index contributed by atoms with van der Waals surface area (Å²) in [5.41, 5.74) is 1.91. The van der Waals surface area contributed by atoms with E-state index in [1.807, 2.05) is 0 Å². The number of aromatic carboxylic acids is 1. The fourth-order valence-electron chi connectivity index (χ4n) is 6.15. The molecule has 3 atom stereocenters. The normalized spacial score (nSPS) is 21.8. The average Bonchev–Trinajstić information content (AvgIpc) is 3.46. The third-order valence-corrected chi connectivity index (χ3v) is 9.85. The Bertz CT molecular complexity index is 1660. The van der Waals surface area contributed by atoms with E-state index in [2.05, 4.69) is 10.1 Å². The van der Waals surface area contributed by atoms with Crippen molar-refractivity contribution in [1.82, 2.24) is 10.1 Å². The Balaban J connectivity index is 1.14. The number of carbonyl (C=O) groups is 2. The van der Waals surface area contributed by atoms with Gasteiger partial charge in [-0.2, -0.15) is 0 Å². The zero-order chi connectivity index (χ0) is 28.4. The van der Waals surface area contributed by atoms with Crippen LogP contribution in [0.25, 0.3) is 21.5 Å². The number of methoxy groups -OCH3 is 1. The van der Waals surface area contributed by atoms with Crippen LogP contribution in [0.3, 0.4) is 0 Å². The van der Waals surface area contributed by atoms with E-state index in [1.54, 1.807) is 30.3 Å². The summed E-state index contributed by atoms with van der Waals surface area (Å²) in [6.07, 6.45) is 4.81. The number of nitrogens with zero attached hydrogens (tertiary/aromatic N) is 3. The fourth-order valence-corrected chi connectivity index (χ4v) is 7.86. The number of carboxylic acids is 1.